The van der Waals surface area contributed by atoms with Crippen LogP contribution in [0.1, 0.15) is 41.0 Å². The highest BCUT2D eigenvalue weighted by molar-refractivity contribution is 5.73. The van der Waals surface area contributed by atoms with Crippen molar-refractivity contribution in [1.82, 2.24) is 5.32 Å². The van der Waals surface area contributed by atoms with Crippen molar-refractivity contribution < 1.29 is 19.4 Å². The lowest BCUT2D eigenvalue weighted by Crippen LogP contribution is -2.34. The highest BCUT2D eigenvalue weighted by atomic mass is 16.5. The molecule has 0 saturated heterocycles. The second kappa shape index (κ2) is 8.98. The van der Waals surface area contributed by atoms with E-state index in [1.807, 2.05) is 34.6 Å². The summed E-state index contributed by atoms with van der Waals surface area (Å²) in [6, 6.07) is -0.389. The fraction of sp³-hybridized carbons (Fsp3) is 0.833. The van der Waals surface area contributed by atoms with Crippen molar-refractivity contribution in [3.05, 3.63) is 0 Å². The zero-order valence-electron chi connectivity index (χ0n) is 11.6. The van der Waals surface area contributed by atoms with Gasteiger partial charge in [0, 0.05) is 0 Å². The van der Waals surface area contributed by atoms with Crippen LogP contribution in [0.25, 0.3) is 0 Å². The standard InChI is InChI=1S/C7H15NO2.C5H10O2/c1-5(2)4-6(8-3)7(9)10;1-5(2,3)7-4-6/h5-6,8H,4H2,1-3H3,(H,9,10);4H,1-3H3. The molecule has 1 atom stereocenters. The van der Waals surface area contributed by atoms with Crippen LogP contribution in [-0.4, -0.2) is 36.2 Å². The average molecular weight is 247 g/mol. The maximum Gasteiger partial charge on any atom is 0.320 e. The van der Waals surface area contributed by atoms with Gasteiger partial charge in [-0.2, -0.15) is 0 Å². The van der Waals surface area contributed by atoms with Gasteiger partial charge in [0.1, 0.15) is 11.6 Å². The molecule has 2 N–H and O–H groups in total. The molecule has 0 aromatic carbocycles. The number of hydrogen-bond acceptors (Lipinski definition) is 4. The number of likely N-dealkylation sites (N-methyl/N-ethyl adjacent to an activating group) is 1. The van der Waals surface area contributed by atoms with E-state index in [2.05, 4.69) is 10.1 Å². The number of ether oxygens (including phenoxy) is 1. The van der Waals surface area contributed by atoms with Gasteiger partial charge in [-0.15, -0.1) is 0 Å². The number of hydrogen-bond donors (Lipinski definition) is 2. The molecular weight excluding hydrogens is 222 g/mol. The Kier molecular flexibility index (Phi) is 9.66. The van der Waals surface area contributed by atoms with Crippen molar-refractivity contribution in [1.29, 1.82) is 0 Å². The minimum atomic E-state index is -0.767. The van der Waals surface area contributed by atoms with Crippen molar-refractivity contribution in [3.8, 4) is 0 Å². The third kappa shape index (κ3) is 14.9. The highest BCUT2D eigenvalue weighted by Crippen LogP contribution is 2.03. The van der Waals surface area contributed by atoms with Crippen LogP contribution in [0.2, 0.25) is 0 Å². The normalized spacial score (nSPS) is 12.4. The van der Waals surface area contributed by atoms with E-state index in [0.717, 1.165) is 0 Å². The molecule has 0 aliphatic rings. The summed E-state index contributed by atoms with van der Waals surface area (Å²) in [7, 11) is 1.67. The summed E-state index contributed by atoms with van der Waals surface area (Å²) in [5.41, 5.74) is -0.318. The topological polar surface area (TPSA) is 75.6 Å². The van der Waals surface area contributed by atoms with Crippen molar-refractivity contribution in [3.63, 3.8) is 0 Å². The third-order valence-electron chi connectivity index (χ3n) is 1.76. The Bertz CT molecular complexity index is 221. The molecule has 0 aliphatic heterocycles. The lowest BCUT2D eigenvalue weighted by molar-refractivity contribution is -0.140. The second-order valence-corrected chi connectivity index (χ2v) is 5.14. The van der Waals surface area contributed by atoms with E-state index >= 15 is 0 Å². The SMILES string of the molecule is CC(C)(C)OC=O.CNC(CC(C)C)C(=O)O. The Balaban J connectivity index is 0. The Morgan fingerprint density at radius 3 is 1.94 bits per heavy atom. The van der Waals surface area contributed by atoms with Crippen molar-refractivity contribution >= 4 is 12.4 Å². The van der Waals surface area contributed by atoms with Crippen LogP contribution < -0.4 is 5.32 Å². The van der Waals surface area contributed by atoms with Crippen LogP contribution in [0.4, 0.5) is 0 Å². The van der Waals surface area contributed by atoms with Gasteiger partial charge in [-0.25, -0.2) is 0 Å². The van der Waals surface area contributed by atoms with E-state index in [1.54, 1.807) is 7.05 Å². The number of carboxylic acid groups (broad SMARTS) is 1. The number of carbonyl (C=O) groups excluding carboxylic acids is 1. The van der Waals surface area contributed by atoms with Crippen molar-refractivity contribution in [2.24, 2.45) is 5.92 Å². The monoisotopic (exact) mass is 247 g/mol. The minimum absolute atomic E-state index is 0.318. The maximum absolute atomic E-state index is 10.4. The first-order valence-corrected chi connectivity index (χ1v) is 5.65. The molecule has 0 aliphatic carbocycles. The summed E-state index contributed by atoms with van der Waals surface area (Å²) in [5, 5.41) is 11.3. The molecule has 0 bridgehead atoms. The molecule has 0 fully saturated rings. The summed E-state index contributed by atoms with van der Waals surface area (Å²) in [4.78, 5) is 20.0. The number of aliphatic carboxylic acids is 1. The Labute approximate surface area is 104 Å². The molecule has 0 rings (SSSR count). The number of nitrogens with one attached hydrogen (secondary N) is 1. The van der Waals surface area contributed by atoms with Gasteiger partial charge in [-0.1, -0.05) is 13.8 Å². The molecule has 17 heavy (non-hydrogen) atoms. The van der Waals surface area contributed by atoms with Crippen LogP contribution in [0.5, 0.6) is 0 Å². The van der Waals surface area contributed by atoms with Crippen LogP contribution in [0.15, 0.2) is 0 Å². The summed E-state index contributed by atoms with van der Waals surface area (Å²) in [6.45, 7) is 9.94. The maximum atomic E-state index is 10.4. The van der Waals surface area contributed by atoms with Crippen LogP contribution in [0.3, 0.4) is 0 Å². The minimum Gasteiger partial charge on any atom is -0.480 e. The van der Waals surface area contributed by atoms with Gasteiger partial charge < -0.3 is 15.2 Å². The molecule has 0 spiro atoms. The van der Waals surface area contributed by atoms with Gasteiger partial charge in [0.25, 0.3) is 6.47 Å². The summed E-state index contributed by atoms with van der Waals surface area (Å²) in [5.74, 6) is -0.343. The number of carbonyl (C=O) groups is 2. The Hall–Kier alpha value is -1.10. The van der Waals surface area contributed by atoms with Gasteiger partial charge in [-0.3, -0.25) is 9.59 Å². The summed E-state index contributed by atoms with van der Waals surface area (Å²) in [6.07, 6.45) is 0.686. The van der Waals surface area contributed by atoms with Gasteiger partial charge in [0.2, 0.25) is 0 Å². The molecule has 102 valence electrons. The predicted octanol–water partition coefficient (Wildman–Crippen LogP) is 1.66. The molecular formula is C12H25NO4. The van der Waals surface area contributed by atoms with Gasteiger partial charge >= 0.3 is 5.97 Å². The fourth-order valence-electron chi connectivity index (χ4n) is 0.958. The van der Waals surface area contributed by atoms with E-state index in [1.165, 1.54) is 0 Å². The number of carboxylic acids is 1. The fourth-order valence-corrected chi connectivity index (χ4v) is 0.958. The molecule has 0 radical (unpaired) electrons. The largest absolute Gasteiger partial charge is 0.480 e. The van der Waals surface area contributed by atoms with Crippen molar-refractivity contribution in [2.45, 2.75) is 52.7 Å². The molecule has 0 aromatic rings. The van der Waals surface area contributed by atoms with E-state index < -0.39 is 5.97 Å². The molecule has 0 aromatic heterocycles. The smallest absolute Gasteiger partial charge is 0.320 e. The summed E-state index contributed by atoms with van der Waals surface area (Å²) < 4.78 is 4.55. The molecule has 5 heteroatoms. The third-order valence-corrected chi connectivity index (χ3v) is 1.76. The molecule has 5 nitrogen and oxygen atoms in total. The van der Waals surface area contributed by atoms with Crippen molar-refractivity contribution in [2.75, 3.05) is 7.05 Å². The first-order valence-electron chi connectivity index (χ1n) is 5.65. The lowest BCUT2D eigenvalue weighted by Gasteiger charge is -2.14. The summed E-state index contributed by atoms with van der Waals surface area (Å²) >= 11 is 0. The zero-order chi connectivity index (χ0) is 14.1. The quantitative estimate of drug-likeness (QED) is 0.723. The Morgan fingerprint density at radius 2 is 1.88 bits per heavy atom. The van der Waals surface area contributed by atoms with E-state index in [0.29, 0.717) is 18.8 Å². The lowest BCUT2D eigenvalue weighted by atomic mass is 10.0. The van der Waals surface area contributed by atoms with Crippen LogP contribution in [-0.2, 0) is 14.3 Å². The first kappa shape index (κ1) is 18.3. The predicted molar refractivity (Wildman–Crippen MR) is 66.8 cm³/mol. The molecule has 0 amide bonds. The second-order valence-electron chi connectivity index (χ2n) is 5.14. The first-order chi connectivity index (χ1) is 7.64. The van der Waals surface area contributed by atoms with Gasteiger partial charge in [-0.05, 0) is 40.2 Å². The number of rotatable bonds is 5. The molecule has 0 heterocycles. The van der Waals surface area contributed by atoms with E-state index in [4.69, 9.17) is 5.11 Å². The van der Waals surface area contributed by atoms with Crippen LogP contribution in [0, 0.1) is 5.92 Å². The zero-order valence-corrected chi connectivity index (χ0v) is 11.6. The van der Waals surface area contributed by atoms with E-state index in [9.17, 15) is 9.59 Å². The van der Waals surface area contributed by atoms with Gasteiger partial charge in [0.15, 0.2) is 0 Å². The van der Waals surface area contributed by atoms with Gasteiger partial charge in [0.05, 0.1) is 0 Å². The van der Waals surface area contributed by atoms with Crippen LogP contribution >= 0.6 is 0 Å². The molecule has 1 unspecified atom stereocenters. The van der Waals surface area contributed by atoms with E-state index in [-0.39, 0.29) is 11.6 Å². The molecule has 0 saturated carbocycles. The average Bonchev–Trinajstić information content (AvgIpc) is 2.12. The highest BCUT2D eigenvalue weighted by Gasteiger charge is 2.15. The Morgan fingerprint density at radius 1 is 1.41 bits per heavy atom.